The molecule has 2 heterocycles. The third-order valence-electron chi connectivity index (χ3n) is 7.54. The van der Waals surface area contributed by atoms with E-state index in [-0.39, 0.29) is 24.1 Å². The molecule has 0 radical (unpaired) electrons. The molecule has 1 aliphatic heterocycles. The minimum atomic E-state index is -0.764. The van der Waals surface area contributed by atoms with Gasteiger partial charge in [0.25, 0.3) is 0 Å². The topological polar surface area (TPSA) is 94.8 Å². The van der Waals surface area contributed by atoms with E-state index in [0.717, 1.165) is 74.8 Å². The van der Waals surface area contributed by atoms with Crippen molar-refractivity contribution in [2.24, 2.45) is 0 Å². The normalized spacial score (nSPS) is 15.3. The van der Waals surface area contributed by atoms with Crippen LogP contribution >= 0.6 is 0 Å². The van der Waals surface area contributed by atoms with E-state index in [2.05, 4.69) is 19.9 Å². The summed E-state index contributed by atoms with van der Waals surface area (Å²) in [5.74, 6) is 3.07. The predicted molar refractivity (Wildman–Crippen MR) is 172 cm³/mol. The zero-order valence-electron chi connectivity index (χ0n) is 27.1. The smallest absolute Gasteiger partial charge is 0.241 e. The van der Waals surface area contributed by atoms with Crippen molar-refractivity contribution in [1.29, 1.82) is 0 Å². The van der Waals surface area contributed by atoms with Gasteiger partial charge in [0.2, 0.25) is 17.5 Å². The SMILES string of the molecule is CCCc1ccc(OCCCCC(Oc2ccc(CCC)cc2OC)Oc2coc(COC3CCCCO3)cc2=O)c(OC)c1. The molecule has 0 N–H and O–H groups in total. The van der Waals surface area contributed by atoms with Crippen molar-refractivity contribution < 1.29 is 37.6 Å². The summed E-state index contributed by atoms with van der Waals surface area (Å²) in [7, 11) is 3.27. The minimum absolute atomic E-state index is 0.0624. The molecule has 1 saturated heterocycles. The number of rotatable bonds is 19. The Morgan fingerprint density at radius 1 is 0.822 bits per heavy atom. The van der Waals surface area contributed by atoms with E-state index in [0.29, 0.717) is 36.9 Å². The molecular weight excluding hydrogens is 576 g/mol. The van der Waals surface area contributed by atoms with Crippen molar-refractivity contribution in [1.82, 2.24) is 0 Å². The van der Waals surface area contributed by atoms with Crippen LogP contribution in [0.25, 0.3) is 0 Å². The first-order valence-electron chi connectivity index (χ1n) is 16.2. The lowest BCUT2D eigenvalue weighted by Crippen LogP contribution is -2.27. The maximum absolute atomic E-state index is 13.0. The zero-order valence-corrected chi connectivity index (χ0v) is 27.1. The highest BCUT2D eigenvalue weighted by molar-refractivity contribution is 5.44. The number of ether oxygens (including phenoxy) is 7. The summed E-state index contributed by atoms with van der Waals surface area (Å²) in [4.78, 5) is 13.0. The van der Waals surface area contributed by atoms with Crippen molar-refractivity contribution in [2.45, 2.75) is 97.2 Å². The van der Waals surface area contributed by atoms with Gasteiger partial charge < -0.3 is 37.6 Å². The Bertz CT molecular complexity index is 1360. The van der Waals surface area contributed by atoms with Gasteiger partial charge in [-0.2, -0.15) is 0 Å². The first-order valence-corrected chi connectivity index (χ1v) is 16.2. The molecule has 0 saturated carbocycles. The van der Waals surface area contributed by atoms with Crippen molar-refractivity contribution >= 4 is 0 Å². The maximum atomic E-state index is 13.0. The molecule has 3 aromatic rings. The molecule has 246 valence electrons. The fourth-order valence-corrected chi connectivity index (χ4v) is 5.17. The summed E-state index contributed by atoms with van der Waals surface area (Å²) in [5, 5.41) is 0. The number of benzene rings is 2. The maximum Gasteiger partial charge on any atom is 0.241 e. The highest BCUT2D eigenvalue weighted by atomic mass is 16.7. The van der Waals surface area contributed by atoms with Crippen LogP contribution < -0.4 is 29.1 Å². The summed E-state index contributed by atoms with van der Waals surface area (Å²) in [6.07, 6.45) is 9.18. The second kappa shape index (κ2) is 18.3. The van der Waals surface area contributed by atoms with E-state index in [1.165, 1.54) is 17.9 Å². The molecule has 4 rings (SSSR count). The van der Waals surface area contributed by atoms with Crippen molar-refractivity contribution in [3.05, 3.63) is 75.8 Å². The average molecular weight is 625 g/mol. The fourth-order valence-electron chi connectivity index (χ4n) is 5.17. The van der Waals surface area contributed by atoms with Gasteiger partial charge in [-0.3, -0.25) is 4.79 Å². The second-order valence-corrected chi connectivity index (χ2v) is 11.2. The van der Waals surface area contributed by atoms with Crippen LogP contribution in [0, 0.1) is 0 Å². The van der Waals surface area contributed by atoms with Crippen molar-refractivity contribution in [2.75, 3.05) is 27.4 Å². The summed E-state index contributed by atoms with van der Waals surface area (Å²) < 4.78 is 46.6. The Morgan fingerprint density at radius 2 is 1.51 bits per heavy atom. The standard InChI is InChI=1S/C36H48O9/c1-5-11-26-15-17-30(32(21-26)38-3)40-19-9-8-14-36(44-31-18-16-27(12-6-2)22-33(31)39-4)45-34-25-42-28(23-29(34)37)24-43-35-13-7-10-20-41-35/h15-18,21-23,25,35-36H,5-14,19-20,24H2,1-4H3. The molecule has 45 heavy (non-hydrogen) atoms. The third-order valence-corrected chi connectivity index (χ3v) is 7.54. The average Bonchev–Trinajstić information content (AvgIpc) is 3.06. The van der Waals surface area contributed by atoms with Crippen LogP contribution in [0.4, 0.5) is 0 Å². The summed E-state index contributed by atoms with van der Waals surface area (Å²) in [6.45, 7) is 5.61. The van der Waals surface area contributed by atoms with E-state index < -0.39 is 6.29 Å². The largest absolute Gasteiger partial charge is 0.493 e. The van der Waals surface area contributed by atoms with Gasteiger partial charge in [-0.1, -0.05) is 38.8 Å². The highest BCUT2D eigenvalue weighted by Gasteiger charge is 2.19. The Kier molecular flexibility index (Phi) is 13.9. The van der Waals surface area contributed by atoms with Crippen LogP contribution in [0.2, 0.25) is 0 Å². The Labute approximate surface area is 266 Å². The summed E-state index contributed by atoms with van der Waals surface area (Å²) >= 11 is 0. The molecule has 2 aromatic carbocycles. The van der Waals surface area contributed by atoms with E-state index >= 15 is 0 Å². The number of aryl methyl sites for hydroxylation is 2. The molecule has 2 atom stereocenters. The molecule has 1 fully saturated rings. The number of hydrogen-bond donors (Lipinski definition) is 0. The van der Waals surface area contributed by atoms with E-state index in [1.54, 1.807) is 14.2 Å². The van der Waals surface area contributed by atoms with Gasteiger partial charge >= 0.3 is 0 Å². The summed E-state index contributed by atoms with van der Waals surface area (Å²) in [5.41, 5.74) is 2.07. The first kappa shape index (κ1) is 34.2. The Morgan fingerprint density at radius 3 is 2.16 bits per heavy atom. The van der Waals surface area contributed by atoms with Crippen LogP contribution in [0.1, 0.15) is 82.1 Å². The van der Waals surface area contributed by atoms with Gasteiger partial charge in [0, 0.05) is 19.1 Å². The molecule has 0 amide bonds. The monoisotopic (exact) mass is 624 g/mol. The second-order valence-electron chi connectivity index (χ2n) is 11.2. The molecule has 9 nitrogen and oxygen atoms in total. The molecule has 2 unspecified atom stereocenters. The lowest BCUT2D eigenvalue weighted by Gasteiger charge is -2.23. The van der Waals surface area contributed by atoms with Gasteiger partial charge in [0.15, 0.2) is 29.3 Å². The lowest BCUT2D eigenvalue weighted by molar-refractivity contribution is -0.171. The number of methoxy groups -OCH3 is 2. The first-order chi connectivity index (χ1) is 22.0. The fraction of sp³-hybridized carbons (Fsp3) is 0.528. The molecule has 9 heteroatoms. The van der Waals surface area contributed by atoms with Gasteiger partial charge in [0.1, 0.15) is 18.6 Å². The third kappa shape index (κ3) is 10.7. The van der Waals surface area contributed by atoms with Gasteiger partial charge in [-0.25, -0.2) is 0 Å². The predicted octanol–water partition coefficient (Wildman–Crippen LogP) is 7.64. The van der Waals surface area contributed by atoms with Gasteiger partial charge in [-0.05, 0) is 80.3 Å². The molecule has 1 aromatic heterocycles. The minimum Gasteiger partial charge on any atom is -0.493 e. The van der Waals surface area contributed by atoms with E-state index in [9.17, 15) is 4.79 Å². The number of unbranched alkanes of at least 4 members (excludes halogenated alkanes) is 1. The molecular formula is C36H48O9. The Balaban J connectivity index is 1.39. The molecule has 0 aliphatic carbocycles. The van der Waals surface area contributed by atoms with Crippen LogP contribution in [0.3, 0.4) is 0 Å². The molecule has 1 aliphatic rings. The summed E-state index contributed by atoms with van der Waals surface area (Å²) in [6, 6.07) is 13.3. The van der Waals surface area contributed by atoms with Crippen LogP contribution in [-0.2, 0) is 28.9 Å². The molecule has 0 bridgehead atoms. The van der Waals surface area contributed by atoms with E-state index in [4.69, 9.17) is 37.6 Å². The Hall–Kier alpha value is -3.69. The zero-order chi connectivity index (χ0) is 31.9. The van der Waals surface area contributed by atoms with Gasteiger partial charge in [-0.15, -0.1) is 0 Å². The van der Waals surface area contributed by atoms with Crippen LogP contribution in [-0.4, -0.2) is 40.0 Å². The molecule has 0 spiro atoms. The lowest BCUT2D eigenvalue weighted by atomic mass is 10.1. The highest BCUT2D eigenvalue weighted by Crippen LogP contribution is 2.31. The van der Waals surface area contributed by atoms with Crippen molar-refractivity contribution in [3.8, 4) is 28.7 Å². The van der Waals surface area contributed by atoms with Crippen LogP contribution in [0.15, 0.2) is 57.9 Å². The van der Waals surface area contributed by atoms with Gasteiger partial charge in [0.05, 0.1) is 20.8 Å². The van der Waals surface area contributed by atoms with E-state index in [1.807, 2.05) is 30.3 Å². The number of hydrogen-bond acceptors (Lipinski definition) is 9. The quantitative estimate of drug-likeness (QED) is 0.0985. The van der Waals surface area contributed by atoms with Crippen LogP contribution in [0.5, 0.6) is 28.7 Å². The van der Waals surface area contributed by atoms with Crippen molar-refractivity contribution in [3.63, 3.8) is 0 Å².